The van der Waals surface area contributed by atoms with Crippen LogP contribution in [0.15, 0.2) is 22.7 Å². The zero-order valence-corrected chi connectivity index (χ0v) is 7.30. The van der Waals surface area contributed by atoms with Crippen LogP contribution < -0.4 is 0 Å². The lowest BCUT2D eigenvalue weighted by molar-refractivity contribution is 0.281. The van der Waals surface area contributed by atoms with E-state index in [1.54, 1.807) is 18.2 Å². The van der Waals surface area contributed by atoms with Crippen molar-refractivity contribution in [2.75, 3.05) is 0 Å². The predicted molar refractivity (Wildman–Crippen MR) is 44.8 cm³/mol. The Morgan fingerprint density at radius 2 is 2.27 bits per heavy atom. The average molecular weight is 212 g/mol. The SMILES string of the molecule is N#Cc1cccc(CO)c1Br. The van der Waals surface area contributed by atoms with Crippen molar-refractivity contribution in [2.24, 2.45) is 0 Å². The van der Waals surface area contributed by atoms with E-state index in [0.29, 0.717) is 10.0 Å². The normalized spacial score (nSPS) is 9.18. The van der Waals surface area contributed by atoms with Gasteiger partial charge in [-0.25, -0.2) is 0 Å². The molecule has 2 nitrogen and oxygen atoms in total. The summed E-state index contributed by atoms with van der Waals surface area (Å²) >= 11 is 3.22. The van der Waals surface area contributed by atoms with Crippen LogP contribution in [0, 0.1) is 11.3 Å². The predicted octanol–water partition coefficient (Wildman–Crippen LogP) is 1.81. The summed E-state index contributed by atoms with van der Waals surface area (Å²) in [5.74, 6) is 0. The molecule has 0 aliphatic heterocycles. The topological polar surface area (TPSA) is 44.0 Å². The second kappa shape index (κ2) is 3.51. The van der Waals surface area contributed by atoms with Gasteiger partial charge in [0, 0.05) is 4.47 Å². The van der Waals surface area contributed by atoms with Crippen LogP contribution in [0.1, 0.15) is 11.1 Å². The zero-order valence-electron chi connectivity index (χ0n) is 5.71. The maximum absolute atomic E-state index is 8.80. The van der Waals surface area contributed by atoms with Gasteiger partial charge >= 0.3 is 0 Å². The van der Waals surface area contributed by atoms with E-state index < -0.39 is 0 Å². The van der Waals surface area contributed by atoms with Gasteiger partial charge < -0.3 is 5.11 Å². The van der Waals surface area contributed by atoms with Crippen LogP contribution in [0.5, 0.6) is 0 Å². The summed E-state index contributed by atoms with van der Waals surface area (Å²) in [5.41, 5.74) is 1.29. The van der Waals surface area contributed by atoms with E-state index >= 15 is 0 Å². The van der Waals surface area contributed by atoms with Gasteiger partial charge in [-0.05, 0) is 27.6 Å². The van der Waals surface area contributed by atoms with Gasteiger partial charge in [0.2, 0.25) is 0 Å². The minimum atomic E-state index is -0.0455. The quantitative estimate of drug-likeness (QED) is 0.771. The third kappa shape index (κ3) is 1.59. The fourth-order valence-electron chi connectivity index (χ4n) is 0.788. The Morgan fingerprint density at radius 3 is 2.82 bits per heavy atom. The van der Waals surface area contributed by atoms with Gasteiger partial charge in [0.05, 0.1) is 12.2 Å². The highest BCUT2D eigenvalue weighted by Crippen LogP contribution is 2.20. The van der Waals surface area contributed by atoms with Crippen molar-refractivity contribution in [3.63, 3.8) is 0 Å². The van der Waals surface area contributed by atoms with Crippen molar-refractivity contribution < 1.29 is 5.11 Å². The maximum Gasteiger partial charge on any atom is 0.100 e. The molecule has 1 aromatic carbocycles. The van der Waals surface area contributed by atoms with Crippen LogP contribution in [-0.2, 0) is 6.61 Å². The molecule has 0 unspecified atom stereocenters. The molecule has 56 valence electrons. The molecule has 0 aromatic heterocycles. The van der Waals surface area contributed by atoms with Gasteiger partial charge in [0.1, 0.15) is 6.07 Å². The average Bonchev–Trinajstić information content (AvgIpc) is 2.05. The van der Waals surface area contributed by atoms with Gasteiger partial charge in [-0.1, -0.05) is 12.1 Å². The van der Waals surface area contributed by atoms with Crippen molar-refractivity contribution >= 4 is 15.9 Å². The fourth-order valence-corrected chi connectivity index (χ4v) is 1.27. The molecule has 1 aromatic rings. The molecule has 11 heavy (non-hydrogen) atoms. The van der Waals surface area contributed by atoms with Crippen molar-refractivity contribution in [2.45, 2.75) is 6.61 Å². The minimum absolute atomic E-state index is 0.0455. The Hall–Kier alpha value is -0.850. The number of hydrogen-bond donors (Lipinski definition) is 1. The minimum Gasteiger partial charge on any atom is -0.392 e. The fraction of sp³-hybridized carbons (Fsp3) is 0.125. The zero-order chi connectivity index (χ0) is 8.27. The number of rotatable bonds is 1. The molecule has 0 saturated carbocycles. The van der Waals surface area contributed by atoms with Crippen LogP contribution in [-0.4, -0.2) is 5.11 Å². The van der Waals surface area contributed by atoms with E-state index in [1.807, 2.05) is 6.07 Å². The van der Waals surface area contributed by atoms with Gasteiger partial charge in [-0.3, -0.25) is 0 Å². The van der Waals surface area contributed by atoms with E-state index in [4.69, 9.17) is 10.4 Å². The number of nitrogens with zero attached hydrogens (tertiary/aromatic N) is 1. The number of benzene rings is 1. The smallest absolute Gasteiger partial charge is 0.100 e. The van der Waals surface area contributed by atoms with Gasteiger partial charge in [-0.2, -0.15) is 5.26 Å². The number of aliphatic hydroxyl groups is 1. The Labute approximate surface area is 73.2 Å². The van der Waals surface area contributed by atoms with Crippen molar-refractivity contribution in [1.29, 1.82) is 5.26 Å². The van der Waals surface area contributed by atoms with Gasteiger partial charge in [0.15, 0.2) is 0 Å². The lowest BCUT2D eigenvalue weighted by atomic mass is 10.1. The van der Waals surface area contributed by atoms with Crippen LogP contribution in [0.2, 0.25) is 0 Å². The lowest BCUT2D eigenvalue weighted by Gasteiger charge is -2.00. The van der Waals surface area contributed by atoms with E-state index in [9.17, 15) is 0 Å². The third-order valence-corrected chi connectivity index (χ3v) is 2.31. The second-order valence-corrected chi connectivity index (χ2v) is 2.84. The molecular weight excluding hydrogens is 206 g/mol. The van der Waals surface area contributed by atoms with E-state index in [1.165, 1.54) is 0 Å². The highest BCUT2D eigenvalue weighted by atomic mass is 79.9. The van der Waals surface area contributed by atoms with Gasteiger partial charge in [0.25, 0.3) is 0 Å². The molecule has 0 amide bonds. The molecule has 0 fully saturated rings. The Balaban J connectivity index is 3.23. The monoisotopic (exact) mass is 211 g/mol. The summed E-state index contributed by atoms with van der Waals surface area (Å²) < 4.78 is 0.685. The molecule has 3 heteroatoms. The first-order valence-corrected chi connectivity index (χ1v) is 3.87. The summed E-state index contributed by atoms with van der Waals surface area (Å²) in [5, 5.41) is 17.4. The summed E-state index contributed by atoms with van der Waals surface area (Å²) in [6.07, 6.45) is 0. The van der Waals surface area contributed by atoms with Crippen LogP contribution in [0.25, 0.3) is 0 Å². The van der Waals surface area contributed by atoms with Crippen LogP contribution in [0.3, 0.4) is 0 Å². The molecular formula is C8H6BrNO. The van der Waals surface area contributed by atoms with E-state index in [-0.39, 0.29) is 6.61 Å². The molecule has 0 atom stereocenters. The number of halogens is 1. The highest BCUT2D eigenvalue weighted by Gasteiger charge is 2.02. The molecule has 1 N–H and O–H groups in total. The van der Waals surface area contributed by atoms with Gasteiger partial charge in [-0.15, -0.1) is 0 Å². The Bertz CT molecular complexity index is 303. The third-order valence-electron chi connectivity index (χ3n) is 1.37. The molecule has 0 aliphatic rings. The first kappa shape index (κ1) is 8.25. The van der Waals surface area contributed by atoms with Crippen LogP contribution in [0.4, 0.5) is 0 Å². The molecule has 0 saturated heterocycles. The van der Waals surface area contributed by atoms with E-state index in [0.717, 1.165) is 5.56 Å². The molecule has 1 rings (SSSR count). The number of aliphatic hydroxyl groups excluding tert-OH is 1. The number of nitriles is 1. The largest absolute Gasteiger partial charge is 0.392 e. The number of hydrogen-bond acceptors (Lipinski definition) is 2. The van der Waals surface area contributed by atoms with Crippen LogP contribution >= 0.6 is 15.9 Å². The molecule has 0 aliphatic carbocycles. The van der Waals surface area contributed by atoms with Crippen molar-refractivity contribution in [3.05, 3.63) is 33.8 Å². The highest BCUT2D eigenvalue weighted by molar-refractivity contribution is 9.10. The van der Waals surface area contributed by atoms with Crippen molar-refractivity contribution in [3.8, 4) is 6.07 Å². The molecule has 0 spiro atoms. The first-order chi connectivity index (χ1) is 5.29. The van der Waals surface area contributed by atoms with Crippen molar-refractivity contribution in [1.82, 2.24) is 0 Å². The Morgan fingerprint density at radius 1 is 1.55 bits per heavy atom. The standard InChI is InChI=1S/C8H6BrNO/c9-8-6(4-10)2-1-3-7(8)5-11/h1-3,11H,5H2. The second-order valence-electron chi connectivity index (χ2n) is 2.05. The van der Waals surface area contributed by atoms with E-state index in [2.05, 4.69) is 15.9 Å². The summed E-state index contributed by atoms with van der Waals surface area (Å²) in [6.45, 7) is -0.0455. The molecule has 0 heterocycles. The molecule has 0 radical (unpaired) electrons. The Kier molecular flexibility index (Phi) is 2.64. The summed E-state index contributed by atoms with van der Waals surface area (Å²) in [7, 11) is 0. The maximum atomic E-state index is 8.80. The first-order valence-electron chi connectivity index (χ1n) is 3.08. The summed E-state index contributed by atoms with van der Waals surface area (Å²) in [6, 6.07) is 7.22. The summed E-state index contributed by atoms with van der Waals surface area (Å²) in [4.78, 5) is 0. The lowest BCUT2D eigenvalue weighted by Crippen LogP contribution is -1.87. The molecule has 0 bridgehead atoms.